The molecule has 0 atom stereocenters. The second-order valence-electron chi connectivity index (χ2n) is 5.62. The summed E-state index contributed by atoms with van der Waals surface area (Å²) < 4.78 is 27.4. The molecule has 8 heteroatoms. The highest BCUT2D eigenvalue weighted by atomic mass is 32.2. The largest absolute Gasteiger partial charge is 0.268 e. The lowest BCUT2D eigenvalue weighted by Crippen LogP contribution is -2.33. The number of carbonyl (C=O) groups is 1. The van der Waals surface area contributed by atoms with Gasteiger partial charge in [0.2, 0.25) is 10.0 Å². The molecule has 24 heavy (non-hydrogen) atoms. The molecule has 0 saturated heterocycles. The van der Waals surface area contributed by atoms with Crippen LogP contribution in [0.3, 0.4) is 0 Å². The molecule has 126 valence electrons. The van der Waals surface area contributed by atoms with Crippen LogP contribution < -0.4 is 4.72 Å². The minimum atomic E-state index is -3.73. The molecular formula is C16H18N4O3S. The summed E-state index contributed by atoms with van der Waals surface area (Å²) in [5.74, 6) is -0.867. The Morgan fingerprint density at radius 2 is 2.04 bits per heavy atom. The Labute approximate surface area is 140 Å². The van der Waals surface area contributed by atoms with Gasteiger partial charge >= 0.3 is 0 Å². The quantitative estimate of drug-likeness (QED) is 0.857. The van der Waals surface area contributed by atoms with Crippen molar-refractivity contribution in [2.24, 2.45) is 0 Å². The molecule has 0 unspecified atom stereocenters. The molecule has 1 aromatic carbocycles. The van der Waals surface area contributed by atoms with Gasteiger partial charge in [-0.1, -0.05) is 23.4 Å². The fourth-order valence-electron chi connectivity index (χ4n) is 2.59. The molecule has 1 aliphatic rings. The number of aromatic nitrogens is 3. The number of hydrogen-bond acceptors (Lipinski definition) is 5. The predicted molar refractivity (Wildman–Crippen MR) is 89.5 cm³/mol. The van der Waals surface area contributed by atoms with Gasteiger partial charge in [-0.05, 0) is 42.5 Å². The van der Waals surface area contributed by atoms with E-state index in [1.54, 1.807) is 18.3 Å². The molecule has 0 fully saturated rings. The second kappa shape index (κ2) is 6.96. The average molecular weight is 346 g/mol. The number of carbonyl (C=O) groups excluding carboxylic acids is 1. The number of benzene rings is 1. The van der Waals surface area contributed by atoms with Crippen molar-refractivity contribution in [2.45, 2.75) is 25.8 Å². The van der Waals surface area contributed by atoms with Crippen molar-refractivity contribution in [3.05, 3.63) is 53.9 Å². The molecule has 1 heterocycles. The smallest absolute Gasteiger partial charge is 0.264 e. The first kappa shape index (κ1) is 16.4. The van der Waals surface area contributed by atoms with E-state index >= 15 is 0 Å². The van der Waals surface area contributed by atoms with Gasteiger partial charge in [0.15, 0.2) is 0 Å². The highest BCUT2D eigenvalue weighted by Gasteiger charge is 2.17. The maximum absolute atomic E-state index is 12.1. The molecular weight excluding hydrogens is 328 g/mol. The summed E-state index contributed by atoms with van der Waals surface area (Å²) in [6.45, 7) is 0.135. The molecule has 1 amide bonds. The normalized spacial score (nSPS) is 14.4. The van der Waals surface area contributed by atoms with Crippen LogP contribution in [0.15, 0.2) is 42.7 Å². The zero-order chi connectivity index (χ0) is 17.0. The Hall–Kier alpha value is -2.48. The number of amides is 1. The highest BCUT2D eigenvalue weighted by molar-refractivity contribution is 7.90. The highest BCUT2D eigenvalue weighted by Crippen LogP contribution is 2.27. The van der Waals surface area contributed by atoms with Gasteiger partial charge in [0.05, 0.1) is 18.5 Å². The van der Waals surface area contributed by atoms with Crippen molar-refractivity contribution in [2.75, 3.05) is 5.75 Å². The van der Waals surface area contributed by atoms with Crippen molar-refractivity contribution in [3.63, 3.8) is 0 Å². The maximum atomic E-state index is 12.1. The molecule has 1 aliphatic carbocycles. The van der Waals surface area contributed by atoms with Gasteiger partial charge in [-0.15, -0.1) is 5.10 Å². The summed E-state index contributed by atoms with van der Waals surface area (Å²) in [7, 11) is -3.73. The van der Waals surface area contributed by atoms with Crippen molar-refractivity contribution < 1.29 is 13.2 Å². The van der Waals surface area contributed by atoms with E-state index in [9.17, 15) is 13.2 Å². The number of rotatable bonds is 6. The third-order valence-corrected chi connectivity index (χ3v) is 5.08. The van der Waals surface area contributed by atoms with E-state index in [4.69, 9.17) is 0 Å². The third kappa shape index (κ3) is 4.08. The van der Waals surface area contributed by atoms with E-state index in [0.29, 0.717) is 5.56 Å². The van der Waals surface area contributed by atoms with Crippen LogP contribution in [-0.2, 0) is 16.6 Å². The predicted octanol–water partition coefficient (Wildman–Crippen LogP) is 1.61. The van der Waals surface area contributed by atoms with E-state index in [-0.39, 0.29) is 12.3 Å². The number of aryl methyl sites for hydroxylation is 1. The van der Waals surface area contributed by atoms with Gasteiger partial charge in [0, 0.05) is 11.8 Å². The SMILES string of the molecule is O=C(NS(=O)(=O)CCn1ccnn1)c1ccc(C2=CCCC2)cc1. The number of sulfonamides is 1. The number of hydrogen-bond donors (Lipinski definition) is 1. The fraction of sp³-hybridized carbons (Fsp3) is 0.312. The molecule has 0 aliphatic heterocycles. The molecule has 1 aromatic heterocycles. The Morgan fingerprint density at radius 3 is 2.67 bits per heavy atom. The lowest BCUT2D eigenvalue weighted by molar-refractivity contribution is 0.0981. The minimum absolute atomic E-state index is 0.135. The van der Waals surface area contributed by atoms with Crippen LogP contribution in [0.1, 0.15) is 35.2 Å². The van der Waals surface area contributed by atoms with Gasteiger partial charge < -0.3 is 0 Å². The van der Waals surface area contributed by atoms with E-state index in [1.165, 1.54) is 16.5 Å². The van der Waals surface area contributed by atoms with Crippen molar-refractivity contribution in [1.82, 2.24) is 19.7 Å². The van der Waals surface area contributed by atoms with E-state index in [1.807, 2.05) is 12.1 Å². The third-order valence-electron chi connectivity index (χ3n) is 3.87. The van der Waals surface area contributed by atoms with Crippen LogP contribution in [0.4, 0.5) is 0 Å². The zero-order valence-corrected chi connectivity index (χ0v) is 13.9. The van der Waals surface area contributed by atoms with Crippen LogP contribution in [-0.4, -0.2) is 35.1 Å². The van der Waals surface area contributed by atoms with Crippen LogP contribution >= 0.6 is 0 Å². The van der Waals surface area contributed by atoms with E-state index in [0.717, 1.165) is 24.8 Å². The van der Waals surface area contributed by atoms with Crippen molar-refractivity contribution >= 4 is 21.5 Å². The Balaban J connectivity index is 1.61. The fourth-order valence-corrected chi connectivity index (χ4v) is 3.52. The Morgan fingerprint density at radius 1 is 1.25 bits per heavy atom. The van der Waals surface area contributed by atoms with Gasteiger partial charge in [-0.3, -0.25) is 9.48 Å². The van der Waals surface area contributed by atoms with Gasteiger partial charge in [0.25, 0.3) is 5.91 Å². The average Bonchev–Trinajstić information content (AvgIpc) is 3.26. The molecule has 0 saturated carbocycles. The zero-order valence-electron chi connectivity index (χ0n) is 13.1. The molecule has 2 aromatic rings. The lowest BCUT2D eigenvalue weighted by Gasteiger charge is -2.08. The second-order valence-corrected chi connectivity index (χ2v) is 7.46. The van der Waals surface area contributed by atoms with Gasteiger partial charge in [-0.25, -0.2) is 13.1 Å². The monoisotopic (exact) mass is 346 g/mol. The Kier molecular flexibility index (Phi) is 4.75. The first-order valence-electron chi connectivity index (χ1n) is 7.72. The van der Waals surface area contributed by atoms with Crippen LogP contribution in [0.25, 0.3) is 5.57 Å². The molecule has 0 bridgehead atoms. The molecule has 0 radical (unpaired) electrons. The van der Waals surface area contributed by atoms with Crippen LogP contribution in [0.2, 0.25) is 0 Å². The first-order chi connectivity index (χ1) is 11.5. The van der Waals surface area contributed by atoms with Crippen LogP contribution in [0, 0.1) is 0 Å². The van der Waals surface area contributed by atoms with Crippen LogP contribution in [0.5, 0.6) is 0 Å². The summed E-state index contributed by atoms with van der Waals surface area (Å²) in [6.07, 6.45) is 8.51. The number of nitrogens with one attached hydrogen (secondary N) is 1. The topological polar surface area (TPSA) is 94.0 Å². The summed E-state index contributed by atoms with van der Waals surface area (Å²) in [4.78, 5) is 12.1. The van der Waals surface area contributed by atoms with E-state index < -0.39 is 15.9 Å². The Bertz CT molecular complexity index is 840. The summed E-state index contributed by atoms with van der Waals surface area (Å²) in [5.41, 5.74) is 2.68. The summed E-state index contributed by atoms with van der Waals surface area (Å²) in [6, 6.07) is 7.01. The summed E-state index contributed by atoms with van der Waals surface area (Å²) >= 11 is 0. The first-order valence-corrected chi connectivity index (χ1v) is 9.37. The minimum Gasteiger partial charge on any atom is -0.268 e. The standard InChI is InChI=1S/C16H18N4O3S/c21-16(18-24(22,23)12-11-20-10-9-17-19-20)15-7-5-14(6-8-15)13-3-1-2-4-13/h3,5-10H,1-2,4,11-12H2,(H,18,21). The lowest BCUT2D eigenvalue weighted by atomic mass is 10.0. The molecule has 3 rings (SSSR count). The van der Waals surface area contributed by atoms with Crippen molar-refractivity contribution in [3.8, 4) is 0 Å². The van der Waals surface area contributed by atoms with Gasteiger partial charge in [0.1, 0.15) is 0 Å². The molecule has 0 spiro atoms. The van der Waals surface area contributed by atoms with Crippen molar-refractivity contribution in [1.29, 1.82) is 0 Å². The molecule has 1 N–H and O–H groups in total. The summed E-state index contributed by atoms with van der Waals surface area (Å²) in [5, 5.41) is 7.29. The van der Waals surface area contributed by atoms with E-state index in [2.05, 4.69) is 21.1 Å². The molecule has 7 nitrogen and oxygen atoms in total. The number of nitrogens with zero attached hydrogens (tertiary/aromatic N) is 3. The van der Waals surface area contributed by atoms with Gasteiger partial charge in [-0.2, -0.15) is 0 Å². The maximum Gasteiger partial charge on any atom is 0.264 e. The number of allylic oxidation sites excluding steroid dienone is 2.